The topological polar surface area (TPSA) is 68.0 Å². The molecule has 140 valence electrons. The molecule has 1 atom stereocenters. The summed E-state index contributed by atoms with van der Waals surface area (Å²) in [6.07, 6.45) is 0.732. The molecule has 5 heteroatoms. The minimum absolute atomic E-state index is 0.0311. The van der Waals surface area contributed by atoms with Gasteiger partial charge >= 0.3 is 0 Å². The van der Waals surface area contributed by atoms with Crippen molar-refractivity contribution < 1.29 is 9.32 Å². The van der Waals surface area contributed by atoms with Crippen LogP contribution in [0.25, 0.3) is 11.4 Å². The van der Waals surface area contributed by atoms with Gasteiger partial charge in [0, 0.05) is 18.4 Å². The number of nitrogens with one attached hydrogen (secondary N) is 1. The lowest BCUT2D eigenvalue weighted by Crippen LogP contribution is -2.26. The third kappa shape index (κ3) is 5.03. The molecular weight excluding hydrogens is 338 g/mol. The number of hydrogen-bond acceptors (Lipinski definition) is 4. The number of carbonyl (C=O) groups is 1. The fraction of sp³-hybridized carbons (Fsp3) is 0.318. The van der Waals surface area contributed by atoms with E-state index in [2.05, 4.69) is 41.4 Å². The summed E-state index contributed by atoms with van der Waals surface area (Å²) in [7, 11) is 0. The van der Waals surface area contributed by atoms with E-state index in [0.29, 0.717) is 30.5 Å². The summed E-state index contributed by atoms with van der Waals surface area (Å²) >= 11 is 0. The number of nitrogens with zero attached hydrogens (tertiary/aromatic N) is 2. The van der Waals surface area contributed by atoms with Crippen LogP contribution < -0.4 is 5.32 Å². The van der Waals surface area contributed by atoms with E-state index in [-0.39, 0.29) is 11.9 Å². The molecule has 0 aliphatic rings. The van der Waals surface area contributed by atoms with E-state index in [1.54, 1.807) is 0 Å². The van der Waals surface area contributed by atoms with Crippen LogP contribution in [0.3, 0.4) is 0 Å². The number of amides is 1. The Morgan fingerprint density at radius 3 is 2.37 bits per heavy atom. The van der Waals surface area contributed by atoms with Gasteiger partial charge in [-0.05, 0) is 24.0 Å². The molecule has 0 aliphatic carbocycles. The van der Waals surface area contributed by atoms with E-state index in [1.807, 2.05) is 49.4 Å². The molecule has 0 spiro atoms. The average molecular weight is 363 g/mol. The van der Waals surface area contributed by atoms with Gasteiger partial charge < -0.3 is 9.84 Å². The van der Waals surface area contributed by atoms with Crippen LogP contribution in [0.15, 0.2) is 59.1 Å². The van der Waals surface area contributed by atoms with Gasteiger partial charge in [0.1, 0.15) is 0 Å². The number of carbonyl (C=O) groups excluding carboxylic acids is 1. The van der Waals surface area contributed by atoms with Crippen LogP contribution >= 0.6 is 0 Å². The largest absolute Gasteiger partial charge is 0.350 e. The second-order valence-corrected chi connectivity index (χ2v) is 6.99. The Morgan fingerprint density at radius 2 is 1.70 bits per heavy atom. The SMILES string of the molecule is CC(C)c1ccc(-c2noc(CCC(=O)N[C@@H](C)c3ccccc3)n2)cc1. The zero-order valence-electron chi connectivity index (χ0n) is 16.0. The first-order valence-electron chi connectivity index (χ1n) is 9.30. The highest BCUT2D eigenvalue weighted by Crippen LogP contribution is 2.21. The minimum Gasteiger partial charge on any atom is -0.350 e. The van der Waals surface area contributed by atoms with E-state index >= 15 is 0 Å². The summed E-state index contributed by atoms with van der Waals surface area (Å²) in [6.45, 7) is 6.29. The van der Waals surface area contributed by atoms with E-state index in [0.717, 1.165) is 11.1 Å². The van der Waals surface area contributed by atoms with Crippen LogP contribution in [0.2, 0.25) is 0 Å². The molecule has 0 bridgehead atoms. The summed E-state index contributed by atoms with van der Waals surface area (Å²) in [5, 5.41) is 7.02. The van der Waals surface area contributed by atoms with Crippen molar-refractivity contribution in [2.24, 2.45) is 0 Å². The molecule has 1 amide bonds. The third-order valence-electron chi connectivity index (χ3n) is 4.55. The van der Waals surface area contributed by atoms with Crippen molar-refractivity contribution in [3.05, 3.63) is 71.6 Å². The maximum atomic E-state index is 12.2. The molecule has 1 N–H and O–H groups in total. The first-order chi connectivity index (χ1) is 13.0. The van der Waals surface area contributed by atoms with E-state index < -0.39 is 0 Å². The van der Waals surface area contributed by atoms with Crippen molar-refractivity contribution >= 4 is 5.91 Å². The molecule has 0 aliphatic heterocycles. The zero-order valence-corrected chi connectivity index (χ0v) is 16.0. The molecule has 1 heterocycles. The Kier molecular flexibility index (Phi) is 6.01. The zero-order chi connectivity index (χ0) is 19.2. The Labute approximate surface area is 159 Å². The quantitative estimate of drug-likeness (QED) is 0.662. The maximum Gasteiger partial charge on any atom is 0.227 e. The highest BCUT2D eigenvalue weighted by molar-refractivity contribution is 5.76. The Hall–Kier alpha value is -2.95. The standard InChI is InChI=1S/C22H25N3O2/c1-15(2)17-9-11-19(12-10-17)22-24-21(27-25-22)14-13-20(26)23-16(3)18-7-5-4-6-8-18/h4-12,15-16H,13-14H2,1-3H3,(H,23,26)/t16-/m0/s1. The number of hydrogen-bond donors (Lipinski definition) is 1. The highest BCUT2D eigenvalue weighted by Gasteiger charge is 2.13. The van der Waals surface area contributed by atoms with Crippen molar-refractivity contribution in [1.82, 2.24) is 15.5 Å². The van der Waals surface area contributed by atoms with Gasteiger partial charge in [-0.2, -0.15) is 4.98 Å². The predicted octanol–water partition coefficient (Wildman–Crippen LogP) is 4.67. The summed E-state index contributed by atoms with van der Waals surface area (Å²) < 4.78 is 5.30. The van der Waals surface area contributed by atoms with Gasteiger partial charge in [-0.25, -0.2) is 0 Å². The van der Waals surface area contributed by atoms with E-state index in [4.69, 9.17) is 4.52 Å². The molecule has 0 saturated heterocycles. The fourth-order valence-corrected chi connectivity index (χ4v) is 2.85. The molecule has 0 unspecified atom stereocenters. The molecule has 0 fully saturated rings. The molecule has 5 nitrogen and oxygen atoms in total. The summed E-state index contributed by atoms with van der Waals surface area (Å²) in [4.78, 5) is 16.6. The Balaban J connectivity index is 1.54. The number of aromatic nitrogens is 2. The smallest absolute Gasteiger partial charge is 0.227 e. The third-order valence-corrected chi connectivity index (χ3v) is 4.55. The number of aryl methyl sites for hydroxylation is 1. The molecule has 3 aromatic rings. The van der Waals surface area contributed by atoms with Crippen LogP contribution in [-0.2, 0) is 11.2 Å². The van der Waals surface area contributed by atoms with E-state index in [9.17, 15) is 4.79 Å². The molecule has 3 rings (SSSR count). The highest BCUT2D eigenvalue weighted by atomic mass is 16.5. The average Bonchev–Trinajstić information content (AvgIpc) is 3.16. The van der Waals surface area contributed by atoms with Crippen molar-refractivity contribution in [3.63, 3.8) is 0 Å². The first kappa shape index (κ1) is 18.8. The van der Waals surface area contributed by atoms with Crippen LogP contribution in [0.5, 0.6) is 0 Å². The minimum atomic E-state index is -0.0348. The lowest BCUT2D eigenvalue weighted by atomic mass is 10.0. The number of rotatable bonds is 7. The lowest BCUT2D eigenvalue weighted by molar-refractivity contribution is -0.121. The molecule has 1 aromatic heterocycles. The van der Waals surface area contributed by atoms with Crippen LogP contribution in [0, 0.1) is 0 Å². The second kappa shape index (κ2) is 8.62. The summed E-state index contributed by atoms with van der Waals surface area (Å²) in [5.41, 5.74) is 3.26. The van der Waals surface area contributed by atoms with Gasteiger partial charge in [-0.1, -0.05) is 73.6 Å². The molecule has 0 radical (unpaired) electrons. The first-order valence-corrected chi connectivity index (χ1v) is 9.30. The Bertz CT molecular complexity index is 870. The van der Waals surface area contributed by atoms with Gasteiger partial charge in [-0.3, -0.25) is 4.79 Å². The van der Waals surface area contributed by atoms with Crippen LogP contribution in [0.4, 0.5) is 0 Å². The van der Waals surface area contributed by atoms with Crippen LogP contribution in [0.1, 0.15) is 56.2 Å². The molecule has 27 heavy (non-hydrogen) atoms. The van der Waals surface area contributed by atoms with Crippen molar-refractivity contribution in [2.75, 3.05) is 0 Å². The molecule has 2 aromatic carbocycles. The van der Waals surface area contributed by atoms with E-state index in [1.165, 1.54) is 5.56 Å². The fourth-order valence-electron chi connectivity index (χ4n) is 2.85. The van der Waals surface area contributed by atoms with Crippen molar-refractivity contribution in [1.29, 1.82) is 0 Å². The summed E-state index contributed by atoms with van der Waals surface area (Å²) in [5.74, 6) is 1.47. The van der Waals surface area contributed by atoms with Crippen molar-refractivity contribution in [2.45, 2.75) is 45.6 Å². The normalized spacial score (nSPS) is 12.1. The van der Waals surface area contributed by atoms with Gasteiger partial charge in [-0.15, -0.1) is 0 Å². The van der Waals surface area contributed by atoms with Gasteiger partial charge in [0.2, 0.25) is 17.6 Å². The monoisotopic (exact) mass is 363 g/mol. The molecule has 0 saturated carbocycles. The maximum absolute atomic E-state index is 12.2. The van der Waals surface area contributed by atoms with Gasteiger partial charge in [0.15, 0.2) is 0 Å². The number of benzene rings is 2. The summed E-state index contributed by atoms with van der Waals surface area (Å²) in [6, 6.07) is 18.0. The van der Waals surface area contributed by atoms with Crippen molar-refractivity contribution in [3.8, 4) is 11.4 Å². The van der Waals surface area contributed by atoms with Gasteiger partial charge in [0.25, 0.3) is 0 Å². The molecular formula is C22H25N3O2. The lowest BCUT2D eigenvalue weighted by Gasteiger charge is -2.13. The predicted molar refractivity (Wildman–Crippen MR) is 105 cm³/mol. The van der Waals surface area contributed by atoms with Gasteiger partial charge in [0.05, 0.1) is 6.04 Å². The Morgan fingerprint density at radius 1 is 1.00 bits per heavy atom. The van der Waals surface area contributed by atoms with Crippen LogP contribution in [-0.4, -0.2) is 16.0 Å². The second-order valence-electron chi connectivity index (χ2n) is 6.99.